The number of nitrogens with zero attached hydrogens (tertiary/aromatic N) is 1. The van der Waals surface area contributed by atoms with E-state index >= 15 is 0 Å². The minimum atomic E-state index is -0.964. The molecule has 1 heterocycles. The van der Waals surface area contributed by atoms with Crippen molar-refractivity contribution in [3.63, 3.8) is 0 Å². The summed E-state index contributed by atoms with van der Waals surface area (Å²) < 4.78 is 0. The van der Waals surface area contributed by atoms with Crippen molar-refractivity contribution >= 4 is 28.6 Å². The molecule has 0 aliphatic carbocycles. The first kappa shape index (κ1) is 12.9. The zero-order valence-electron chi connectivity index (χ0n) is 9.74. The minimum absolute atomic E-state index is 0.393. The second-order valence-electron chi connectivity index (χ2n) is 3.96. The highest BCUT2D eigenvalue weighted by Gasteiger charge is 2.11. The number of carboxylic acids is 1. The molecule has 0 saturated carbocycles. The molecule has 0 amide bonds. The van der Waals surface area contributed by atoms with Crippen LogP contribution in [0.25, 0.3) is 10.9 Å². The van der Waals surface area contributed by atoms with Crippen molar-refractivity contribution < 1.29 is 9.90 Å². The maximum absolute atomic E-state index is 10.6. The Morgan fingerprint density at radius 3 is 2.89 bits per heavy atom. The lowest BCUT2D eigenvalue weighted by Crippen LogP contribution is -2.32. The van der Waals surface area contributed by atoms with Gasteiger partial charge in [-0.15, -0.1) is 0 Å². The summed E-state index contributed by atoms with van der Waals surface area (Å²) in [6.45, 7) is 0. The minimum Gasteiger partial charge on any atom is -0.480 e. The Morgan fingerprint density at radius 2 is 2.11 bits per heavy atom. The predicted octanol–water partition coefficient (Wildman–Crippen LogP) is 1.88. The first-order chi connectivity index (χ1) is 8.66. The monoisotopic (exact) mass is 262 g/mol. The molecule has 1 atom stereocenters. The third-order valence-electron chi connectivity index (χ3n) is 2.52. The topological polar surface area (TPSA) is 76.2 Å². The third-order valence-corrected chi connectivity index (χ3v) is 3.62. The van der Waals surface area contributed by atoms with Crippen molar-refractivity contribution in [2.24, 2.45) is 5.73 Å². The number of carboxylic acid groups (broad SMARTS) is 1. The molecule has 18 heavy (non-hydrogen) atoms. The molecule has 1 aromatic carbocycles. The quantitative estimate of drug-likeness (QED) is 0.860. The normalized spacial score (nSPS) is 12.5. The number of para-hydroxylation sites is 1. The molecule has 3 N–H and O–H groups in total. The molecule has 0 fully saturated rings. The lowest BCUT2D eigenvalue weighted by molar-refractivity contribution is -0.137. The Kier molecular flexibility index (Phi) is 4.17. The Bertz CT molecular complexity index is 559. The van der Waals surface area contributed by atoms with E-state index in [2.05, 4.69) is 4.98 Å². The molecule has 0 spiro atoms. The average Bonchev–Trinajstić information content (AvgIpc) is 2.38. The molecule has 4 nitrogen and oxygen atoms in total. The van der Waals surface area contributed by atoms with E-state index in [1.54, 1.807) is 0 Å². The van der Waals surface area contributed by atoms with Gasteiger partial charge in [0.2, 0.25) is 0 Å². The van der Waals surface area contributed by atoms with Gasteiger partial charge >= 0.3 is 5.97 Å². The maximum Gasteiger partial charge on any atom is 0.321 e. The number of carbonyl (C=O) groups is 1. The lowest BCUT2D eigenvalue weighted by atomic mass is 10.2. The Balaban J connectivity index is 1.98. The smallest absolute Gasteiger partial charge is 0.321 e. The van der Waals surface area contributed by atoms with Gasteiger partial charge in [0, 0.05) is 16.9 Å². The van der Waals surface area contributed by atoms with E-state index in [0.717, 1.165) is 16.6 Å². The van der Waals surface area contributed by atoms with Gasteiger partial charge in [0.1, 0.15) is 6.04 Å². The van der Waals surface area contributed by atoms with Gasteiger partial charge in [0.05, 0.1) is 11.2 Å². The van der Waals surface area contributed by atoms with E-state index in [1.165, 1.54) is 11.8 Å². The van der Waals surface area contributed by atoms with E-state index in [4.69, 9.17) is 10.8 Å². The van der Waals surface area contributed by atoms with Crippen LogP contribution in [0.15, 0.2) is 36.4 Å². The van der Waals surface area contributed by atoms with Gasteiger partial charge in [0.25, 0.3) is 0 Å². The molecule has 0 unspecified atom stereocenters. The van der Waals surface area contributed by atoms with Crippen LogP contribution in [0.4, 0.5) is 0 Å². The van der Waals surface area contributed by atoms with Crippen LogP contribution in [0, 0.1) is 0 Å². The van der Waals surface area contributed by atoms with Gasteiger partial charge in [-0.3, -0.25) is 9.78 Å². The SMILES string of the molecule is N[C@H](CSCc1ccc2ccccc2n1)C(=O)O. The highest BCUT2D eigenvalue weighted by atomic mass is 32.2. The van der Waals surface area contributed by atoms with E-state index in [9.17, 15) is 4.79 Å². The fourth-order valence-electron chi connectivity index (χ4n) is 1.55. The fraction of sp³-hybridized carbons (Fsp3) is 0.231. The van der Waals surface area contributed by atoms with E-state index in [-0.39, 0.29) is 0 Å². The van der Waals surface area contributed by atoms with Gasteiger partial charge in [-0.2, -0.15) is 11.8 Å². The summed E-state index contributed by atoms with van der Waals surface area (Å²) in [5, 5.41) is 9.77. The highest BCUT2D eigenvalue weighted by molar-refractivity contribution is 7.98. The van der Waals surface area contributed by atoms with Crippen molar-refractivity contribution in [1.82, 2.24) is 4.98 Å². The second-order valence-corrected chi connectivity index (χ2v) is 4.99. The summed E-state index contributed by atoms with van der Waals surface area (Å²) in [6, 6.07) is 11.1. The third kappa shape index (κ3) is 3.21. The summed E-state index contributed by atoms with van der Waals surface area (Å²) in [7, 11) is 0. The molecule has 0 aliphatic rings. The zero-order valence-corrected chi connectivity index (χ0v) is 10.6. The number of fused-ring (bicyclic) bond motifs is 1. The van der Waals surface area contributed by atoms with Gasteiger partial charge in [-0.25, -0.2) is 0 Å². The summed E-state index contributed by atoms with van der Waals surface area (Å²) in [5.41, 5.74) is 7.33. The van der Waals surface area contributed by atoms with Crippen molar-refractivity contribution in [3.05, 3.63) is 42.1 Å². The van der Waals surface area contributed by atoms with Crippen LogP contribution in [-0.2, 0) is 10.5 Å². The molecule has 0 aliphatic heterocycles. The number of aliphatic carboxylic acids is 1. The summed E-state index contributed by atoms with van der Waals surface area (Å²) in [5.74, 6) is 0.101. The molecule has 5 heteroatoms. The molecule has 94 valence electrons. The summed E-state index contributed by atoms with van der Waals surface area (Å²) >= 11 is 1.48. The number of nitrogens with two attached hydrogens (primary N) is 1. The Labute approximate surface area is 109 Å². The van der Waals surface area contributed by atoms with Crippen molar-refractivity contribution in [2.75, 3.05) is 5.75 Å². The second kappa shape index (κ2) is 5.84. The van der Waals surface area contributed by atoms with Crippen molar-refractivity contribution in [1.29, 1.82) is 0 Å². The van der Waals surface area contributed by atoms with Gasteiger partial charge < -0.3 is 10.8 Å². The fourth-order valence-corrected chi connectivity index (χ4v) is 2.43. The first-order valence-electron chi connectivity index (χ1n) is 5.57. The Morgan fingerprint density at radius 1 is 1.33 bits per heavy atom. The predicted molar refractivity (Wildman–Crippen MR) is 73.5 cm³/mol. The highest BCUT2D eigenvalue weighted by Crippen LogP contribution is 2.16. The number of benzene rings is 1. The molecular weight excluding hydrogens is 248 g/mol. The van der Waals surface area contributed by atoms with Crippen LogP contribution in [-0.4, -0.2) is 27.9 Å². The number of pyridine rings is 1. The van der Waals surface area contributed by atoms with Crippen LogP contribution >= 0.6 is 11.8 Å². The number of aromatic nitrogens is 1. The van der Waals surface area contributed by atoms with Crippen LogP contribution in [0.5, 0.6) is 0 Å². The van der Waals surface area contributed by atoms with Crippen LogP contribution in [0.2, 0.25) is 0 Å². The summed E-state index contributed by atoms with van der Waals surface area (Å²) in [4.78, 5) is 15.1. The van der Waals surface area contributed by atoms with Crippen molar-refractivity contribution in [3.8, 4) is 0 Å². The number of hydrogen-bond donors (Lipinski definition) is 2. The lowest BCUT2D eigenvalue weighted by Gasteiger charge is -2.06. The number of rotatable bonds is 5. The molecule has 1 aromatic heterocycles. The first-order valence-corrected chi connectivity index (χ1v) is 6.73. The molecule has 0 radical (unpaired) electrons. The zero-order chi connectivity index (χ0) is 13.0. The molecule has 2 aromatic rings. The van der Waals surface area contributed by atoms with Gasteiger partial charge in [-0.1, -0.05) is 24.3 Å². The molecular formula is C13H14N2O2S. The van der Waals surface area contributed by atoms with E-state index in [1.807, 2.05) is 36.4 Å². The van der Waals surface area contributed by atoms with Crippen LogP contribution in [0.3, 0.4) is 0 Å². The summed E-state index contributed by atoms with van der Waals surface area (Å²) in [6.07, 6.45) is 0. The number of thioether (sulfide) groups is 1. The van der Waals surface area contributed by atoms with Crippen LogP contribution < -0.4 is 5.73 Å². The van der Waals surface area contributed by atoms with Crippen molar-refractivity contribution in [2.45, 2.75) is 11.8 Å². The largest absolute Gasteiger partial charge is 0.480 e. The van der Waals surface area contributed by atoms with Crippen LogP contribution in [0.1, 0.15) is 5.69 Å². The average molecular weight is 262 g/mol. The molecule has 0 bridgehead atoms. The van der Waals surface area contributed by atoms with E-state index in [0.29, 0.717) is 11.5 Å². The molecule has 0 saturated heterocycles. The van der Waals surface area contributed by atoms with Gasteiger partial charge in [-0.05, 0) is 12.1 Å². The van der Waals surface area contributed by atoms with Gasteiger partial charge in [0.15, 0.2) is 0 Å². The van der Waals surface area contributed by atoms with E-state index < -0.39 is 12.0 Å². The standard InChI is InChI=1S/C13H14N2O2S/c14-11(13(16)17)8-18-7-10-6-5-9-3-1-2-4-12(9)15-10/h1-6,11H,7-8,14H2,(H,16,17)/t11-/m1/s1. The maximum atomic E-state index is 10.6. The Hall–Kier alpha value is -1.59. The molecule has 2 rings (SSSR count). The number of hydrogen-bond acceptors (Lipinski definition) is 4.